The van der Waals surface area contributed by atoms with Crippen molar-refractivity contribution in [2.75, 3.05) is 6.61 Å². The maximum absolute atomic E-state index is 12.6. The van der Waals surface area contributed by atoms with Crippen LogP contribution in [0.15, 0.2) is 60.7 Å². The van der Waals surface area contributed by atoms with E-state index in [2.05, 4.69) is 86.3 Å². The largest absolute Gasteiger partial charge is 0.405 e. The molecule has 0 bridgehead atoms. The van der Waals surface area contributed by atoms with Crippen molar-refractivity contribution < 1.29 is 9.22 Å². The topological polar surface area (TPSA) is 29.5 Å². The molecule has 4 rings (SSSR count). The second kappa shape index (κ2) is 8.08. The van der Waals surface area contributed by atoms with Gasteiger partial charge in [0, 0.05) is 12.5 Å². The van der Waals surface area contributed by atoms with Crippen molar-refractivity contribution in [1.82, 2.24) is 4.90 Å². The number of carbonyl (C=O) groups is 1. The fourth-order valence-corrected chi connectivity index (χ4v) is 10.0. The standard InChI is InChI=1S/C25H33NO2Si/c1-25(2,3)29(22-13-6-4-7-14-22,23-15-8-5-9-16-23)28-19-21-12-10-11-20-17-18-24(27)26(20)21/h4-9,13-16,20-21H,10-12,17-19H2,1-3H3/t20-,21-/m0/s1. The van der Waals surface area contributed by atoms with Crippen LogP contribution < -0.4 is 10.4 Å². The molecule has 4 heteroatoms. The molecule has 2 heterocycles. The fourth-order valence-electron chi connectivity index (χ4n) is 5.42. The second-order valence-electron chi connectivity index (χ2n) is 9.55. The van der Waals surface area contributed by atoms with Gasteiger partial charge in [-0.3, -0.25) is 4.79 Å². The monoisotopic (exact) mass is 407 g/mol. The molecule has 154 valence electrons. The zero-order chi connectivity index (χ0) is 20.5. The van der Waals surface area contributed by atoms with Crippen LogP contribution in [0.4, 0.5) is 0 Å². The summed E-state index contributed by atoms with van der Waals surface area (Å²) in [7, 11) is -2.54. The molecule has 2 aliphatic heterocycles. The predicted octanol–water partition coefficient (Wildman–Crippen LogP) is 4.11. The number of amides is 1. The summed E-state index contributed by atoms with van der Waals surface area (Å²) in [5, 5.41) is 2.58. The minimum Gasteiger partial charge on any atom is -0.405 e. The first-order valence-corrected chi connectivity index (χ1v) is 12.9. The lowest BCUT2D eigenvalue weighted by molar-refractivity contribution is -0.133. The highest BCUT2D eigenvalue weighted by Crippen LogP contribution is 2.38. The SMILES string of the molecule is CC(C)(C)[Si](OC[C@@H]1CCC[C@H]2CCC(=O)N21)(c1ccccc1)c1ccccc1. The van der Waals surface area contributed by atoms with Crippen LogP contribution in [0.2, 0.25) is 5.04 Å². The minimum atomic E-state index is -2.54. The first-order chi connectivity index (χ1) is 13.9. The quantitative estimate of drug-likeness (QED) is 0.698. The van der Waals surface area contributed by atoms with Crippen molar-refractivity contribution in [3.63, 3.8) is 0 Å². The van der Waals surface area contributed by atoms with E-state index in [1.54, 1.807) is 0 Å². The maximum Gasteiger partial charge on any atom is 0.261 e. The molecule has 1 amide bonds. The van der Waals surface area contributed by atoms with E-state index in [-0.39, 0.29) is 11.1 Å². The van der Waals surface area contributed by atoms with Crippen LogP contribution in [0.1, 0.15) is 52.9 Å². The van der Waals surface area contributed by atoms with Gasteiger partial charge in [0.05, 0.1) is 12.6 Å². The van der Waals surface area contributed by atoms with Gasteiger partial charge < -0.3 is 9.33 Å². The van der Waals surface area contributed by atoms with E-state index in [0.29, 0.717) is 25.0 Å². The number of benzene rings is 2. The Morgan fingerprint density at radius 3 is 2.07 bits per heavy atom. The van der Waals surface area contributed by atoms with Gasteiger partial charge in [0.15, 0.2) is 0 Å². The summed E-state index contributed by atoms with van der Waals surface area (Å²) in [6.45, 7) is 7.56. The third kappa shape index (κ3) is 3.69. The number of rotatable bonds is 5. The average molecular weight is 408 g/mol. The Labute approximate surface area is 176 Å². The number of fused-ring (bicyclic) bond motifs is 1. The first kappa shape index (κ1) is 20.4. The molecule has 2 saturated heterocycles. The summed E-state index contributed by atoms with van der Waals surface area (Å²) >= 11 is 0. The summed E-state index contributed by atoms with van der Waals surface area (Å²) in [6, 6.07) is 22.2. The molecular formula is C25H33NO2Si. The molecule has 29 heavy (non-hydrogen) atoms. The number of carbonyl (C=O) groups excluding carboxylic acids is 1. The molecule has 2 fully saturated rings. The summed E-state index contributed by atoms with van der Waals surface area (Å²) < 4.78 is 7.11. The average Bonchev–Trinajstić information content (AvgIpc) is 3.11. The number of nitrogens with zero attached hydrogens (tertiary/aromatic N) is 1. The summed E-state index contributed by atoms with van der Waals surface area (Å²) in [5.41, 5.74) is 0. The zero-order valence-electron chi connectivity index (χ0n) is 17.9. The number of hydrogen-bond donors (Lipinski definition) is 0. The maximum atomic E-state index is 12.6. The third-order valence-electron chi connectivity index (χ3n) is 6.75. The van der Waals surface area contributed by atoms with Crippen molar-refractivity contribution in [2.45, 2.75) is 70.0 Å². The van der Waals surface area contributed by atoms with E-state index < -0.39 is 8.32 Å². The molecule has 0 spiro atoms. The normalized spacial score (nSPS) is 22.6. The lowest BCUT2D eigenvalue weighted by Gasteiger charge is -2.45. The Bertz CT molecular complexity index is 791. The Hall–Kier alpha value is -1.91. The van der Waals surface area contributed by atoms with Crippen molar-refractivity contribution in [1.29, 1.82) is 0 Å². The zero-order valence-corrected chi connectivity index (χ0v) is 18.9. The van der Waals surface area contributed by atoms with Crippen LogP contribution in [-0.2, 0) is 9.22 Å². The molecule has 0 radical (unpaired) electrons. The smallest absolute Gasteiger partial charge is 0.261 e. The van der Waals surface area contributed by atoms with Gasteiger partial charge in [-0.05, 0) is 41.1 Å². The fraction of sp³-hybridized carbons (Fsp3) is 0.480. The predicted molar refractivity (Wildman–Crippen MR) is 121 cm³/mol. The van der Waals surface area contributed by atoms with E-state index in [0.717, 1.165) is 19.3 Å². The number of piperidine rings is 1. The minimum absolute atomic E-state index is 0.0290. The van der Waals surface area contributed by atoms with Crippen LogP contribution >= 0.6 is 0 Å². The molecule has 0 aromatic heterocycles. The van der Waals surface area contributed by atoms with Gasteiger partial charge in [0.25, 0.3) is 8.32 Å². The van der Waals surface area contributed by atoms with E-state index in [9.17, 15) is 4.79 Å². The molecule has 2 aromatic rings. The van der Waals surface area contributed by atoms with Gasteiger partial charge in [-0.25, -0.2) is 0 Å². The van der Waals surface area contributed by atoms with Gasteiger partial charge in [0.1, 0.15) is 0 Å². The highest BCUT2D eigenvalue weighted by Gasteiger charge is 2.51. The third-order valence-corrected chi connectivity index (χ3v) is 11.8. The molecule has 2 aliphatic rings. The van der Waals surface area contributed by atoms with E-state index in [4.69, 9.17) is 4.43 Å². The van der Waals surface area contributed by atoms with Crippen molar-refractivity contribution in [3.05, 3.63) is 60.7 Å². The van der Waals surface area contributed by atoms with E-state index in [1.165, 1.54) is 16.8 Å². The Balaban J connectivity index is 1.72. The van der Waals surface area contributed by atoms with Crippen molar-refractivity contribution in [3.8, 4) is 0 Å². The summed E-state index contributed by atoms with van der Waals surface area (Å²) in [4.78, 5) is 14.7. The lowest BCUT2D eigenvalue weighted by atomic mass is 9.97. The van der Waals surface area contributed by atoms with E-state index >= 15 is 0 Å². The van der Waals surface area contributed by atoms with Crippen molar-refractivity contribution in [2.24, 2.45) is 0 Å². The highest BCUT2D eigenvalue weighted by molar-refractivity contribution is 6.99. The van der Waals surface area contributed by atoms with Crippen LogP contribution in [0.25, 0.3) is 0 Å². The summed E-state index contributed by atoms with van der Waals surface area (Å²) in [5.74, 6) is 0.325. The highest BCUT2D eigenvalue weighted by atomic mass is 28.4. The molecule has 0 saturated carbocycles. The molecule has 0 unspecified atom stereocenters. The summed E-state index contributed by atoms with van der Waals surface area (Å²) in [6.07, 6.45) is 5.14. The van der Waals surface area contributed by atoms with E-state index in [1.807, 2.05) is 0 Å². The van der Waals surface area contributed by atoms with Gasteiger partial charge in [-0.2, -0.15) is 0 Å². The van der Waals surface area contributed by atoms with Crippen LogP contribution in [0, 0.1) is 0 Å². The lowest BCUT2D eigenvalue weighted by Crippen LogP contribution is -2.67. The van der Waals surface area contributed by atoms with Gasteiger partial charge in [0.2, 0.25) is 5.91 Å². The Morgan fingerprint density at radius 2 is 1.52 bits per heavy atom. The number of hydrogen-bond acceptors (Lipinski definition) is 2. The second-order valence-corrected chi connectivity index (χ2v) is 13.9. The molecule has 3 nitrogen and oxygen atoms in total. The molecule has 2 atom stereocenters. The molecule has 2 aromatic carbocycles. The Morgan fingerprint density at radius 1 is 0.931 bits per heavy atom. The van der Waals surface area contributed by atoms with Crippen LogP contribution in [0.5, 0.6) is 0 Å². The van der Waals surface area contributed by atoms with Crippen LogP contribution in [-0.4, -0.2) is 37.8 Å². The molecular weight excluding hydrogens is 374 g/mol. The van der Waals surface area contributed by atoms with Gasteiger partial charge in [-0.15, -0.1) is 0 Å². The molecule has 0 aliphatic carbocycles. The van der Waals surface area contributed by atoms with Gasteiger partial charge in [-0.1, -0.05) is 81.4 Å². The van der Waals surface area contributed by atoms with Crippen molar-refractivity contribution >= 4 is 24.6 Å². The first-order valence-electron chi connectivity index (χ1n) is 11.0. The molecule has 0 N–H and O–H groups in total. The van der Waals surface area contributed by atoms with Crippen LogP contribution in [0.3, 0.4) is 0 Å². The van der Waals surface area contributed by atoms with Gasteiger partial charge >= 0.3 is 0 Å². The Kier molecular flexibility index (Phi) is 5.67.